The Labute approximate surface area is 153 Å². The van der Waals surface area contributed by atoms with Crippen LogP contribution in [0.4, 0.5) is 13.2 Å². The van der Waals surface area contributed by atoms with Gasteiger partial charge in [0.2, 0.25) is 5.89 Å². The molecule has 1 fully saturated rings. The fraction of sp³-hybridized carbons (Fsp3) is 0.444. The van der Waals surface area contributed by atoms with E-state index in [1.807, 2.05) is 0 Å². The summed E-state index contributed by atoms with van der Waals surface area (Å²) in [5, 5.41) is 9.25. The molecule has 146 valence electrons. The first-order chi connectivity index (χ1) is 12.9. The van der Waals surface area contributed by atoms with Crippen LogP contribution in [0.5, 0.6) is 5.75 Å². The quantitative estimate of drug-likeness (QED) is 0.857. The number of aliphatic hydroxyl groups is 1. The molecule has 1 N–H and O–H groups in total. The Balaban J connectivity index is 1.60. The number of likely N-dealkylation sites (tertiary alicyclic amines) is 1. The summed E-state index contributed by atoms with van der Waals surface area (Å²) in [6, 6.07) is 4.48. The summed E-state index contributed by atoms with van der Waals surface area (Å²) in [5.74, 6) is -0.135. The molecule has 1 aromatic carbocycles. The van der Waals surface area contributed by atoms with Gasteiger partial charge in [-0.2, -0.15) is 13.2 Å². The number of hydrogen-bond acceptors (Lipinski definition) is 5. The molecule has 1 amide bonds. The average molecular weight is 384 g/mol. The van der Waals surface area contributed by atoms with Gasteiger partial charge in [-0.1, -0.05) is 6.07 Å². The topological polar surface area (TPSA) is 75.8 Å². The average Bonchev–Trinajstić information content (AvgIpc) is 3.14. The Kier molecular flexibility index (Phi) is 5.69. The number of nitrogens with zero attached hydrogens (tertiary/aromatic N) is 2. The largest absolute Gasteiger partial charge is 0.484 e. The van der Waals surface area contributed by atoms with Gasteiger partial charge in [0, 0.05) is 19.7 Å². The van der Waals surface area contributed by atoms with E-state index in [1.165, 1.54) is 18.4 Å². The zero-order valence-electron chi connectivity index (χ0n) is 14.4. The molecule has 1 aliphatic rings. The standard InChI is InChI=1S/C18H19F3N2O4/c19-18(20,21)13-4-1-5-14(7-13)26-11-16-22-15(10-27-16)17(25)23-6-2-3-12(8-23)9-24/h1,4-5,7,10,12,24H,2-3,6,8-9,11H2. The van der Waals surface area contributed by atoms with E-state index in [0.29, 0.717) is 13.1 Å². The molecule has 0 saturated carbocycles. The van der Waals surface area contributed by atoms with E-state index >= 15 is 0 Å². The number of benzene rings is 1. The summed E-state index contributed by atoms with van der Waals surface area (Å²) in [6.45, 7) is 0.864. The van der Waals surface area contributed by atoms with Crippen molar-refractivity contribution in [3.8, 4) is 5.75 Å². The maximum atomic E-state index is 12.7. The van der Waals surface area contributed by atoms with E-state index in [4.69, 9.17) is 9.15 Å². The van der Waals surface area contributed by atoms with E-state index in [-0.39, 0.29) is 42.4 Å². The molecular weight excluding hydrogens is 365 g/mol. The predicted molar refractivity (Wildman–Crippen MR) is 88.0 cm³/mol. The van der Waals surface area contributed by atoms with Gasteiger partial charge in [0.1, 0.15) is 12.0 Å². The highest BCUT2D eigenvalue weighted by molar-refractivity contribution is 5.92. The number of carbonyl (C=O) groups is 1. The molecule has 2 heterocycles. The first kappa shape index (κ1) is 19.2. The highest BCUT2D eigenvalue weighted by Crippen LogP contribution is 2.31. The summed E-state index contributed by atoms with van der Waals surface area (Å²) in [4.78, 5) is 18.1. The molecule has 3 rings (SSSR count). The van der Waals surface area contributed by atoms with Crippen LogP contribution in [-0.4, -0.2) is 40.6 Å². The number of aliphatic hydroxyl groups excluding tert-OH is 1. The van der Waals surface area contributed by atoms with Crippen LogP contribution in [0.3, 0.4) is 0 Å². The van der Waals surface area contributed by atoms with Gasteiger partial charge in [-0.05, 0) is 37.0 Å². The van der Waals surface area contributed by atoms with Crippen LogP contribution in [0.25, 0.3) is 0 Å². The Morgan fingerprint density at radius 1 is 1.41 bits per heavy atom. The number of carbonyl (C=O) groups excluding carboxylic acids is 1. The second kappa shape index (κ2) is 7.99. The van der Waals surface area contributed by atoms with Crippen molar-refractivity contribution in [3.05, 3.63) is 47.7 Å². The van der Waals surface area contributed by atoms with Gasteiger partial charge in [0.15, 0.2) is 12.3 Å². The lowest BCUT2D eigenvalue weighted by Crippen LogP contribution is -2.41. The first-order valence-electron chi connectivity index (χ1n) is 8.51. The molecule has 1 aromatic heterocycles. The van der Waals surface area contributed by atoms with Crippen molar-refractivity contribution < 1.29 is 32.2 Å². The molecule has 1 saturated heterocycles. The summed E-state index contributed by atoms with van der Waals surface area (Å²) >= 11 is 0. The highest BCUT2D eigenvalue weighted by Gasteiger charge is 2.30. The van der Waals surface area contributed by atoms with Gasteiger partial charge in [0.05, 0.1) is 5.56 Å². The van der Waals surface area contributed by atoms with Crippen LogP contribution < -0.4 is 4.74 Å². The van der Waals surface area contributed by atoms with Crippen LogP contribution >= 0.6 is 0 Å². The van der Waals surface area contributed by atoms with Crippen LogP contribution in [0.1, 0.15) is 34.8 Å². The minimum atomic E-state index is -4.46. The number of aromatic nitrogens is 1. The highest BCUT2D eigenvalue weighted by atomic mass is 19.4. The zero-order chi connectivity index (χ0) is 19.4. The molecule has 1 aliphatic heterocycles. The second-order valence-electron chi connectivity index (χ2n) is 6.38. The second-order valence-corrected chi connectivity index (χ2v) is 6.38. The monoisotopic (exact) mass is 384 g/mol. The first-order valence-corrected chi connectivity index (χ1v) is 8.51. The fourth-order valence-corrected chi connectivity index (χ4v) is 2.94. The van der Waals surface area contributed by atoms with Crippen LogP contribution in [0, 0.1) is 5.92 Å². The Hall–Kier alpha value is -2.55. The van der Waals surface area contributed by atoms with Crippen molar-refractivity contribution in [2.24, 2.45) is 5.92 Å². The molecule has 1 atom stereocenters. The van der Waals surface area contributed by atoms with Crippen molar-refractivity contribution in [1.29, 1.82) is 0 Å². The van der Waals surface area contributed by atoms with Gasteiger partial charge in [0.25, 0.3) is 5.91 Å². The summed E-state index contributed by atoms with van der Waals surface area (Å²) < 4.78 is 48.6. The van der Waals surface area contributed by atoms with E-state index in [9.17, 15) is 23.1 Å². The Bertz CT molecular complexity index is 791. The third kappa shape index (κ3) is 4.79. The van der Waals surface area contributed by atoms with Crippen molar-refractivity contribution in [2.45, 2.75) is 25.6 Å². The number of halogens is 3. The van der Waals surface area contributed by atoms with E-state index < -0.39 is 11.7 Å². The Morgan fingerprint density at radius 3 is 2.96 bits per heavy atom. The molecule has 6 nitrogen and oxygen atoms in total. The van der Waals surface area contributed by atoms with Gasteiger partial charge in [-0.15, -0.1) is 0 Å². The summed E-state index contributed by atoms with van der Waals surface area (Å²) in [5.41, 5.74) is -0.706. The number of ether oxygens (including phenoxy) is 1. The molecule has 9 heteroatoms. The van der Waals surface area contributed by atoms with Crippen molar-refractivity contribution in [2.75, 3.05) is 19.7 Å². The number of rotatable bonds is 5. The molecule has 1 unspecified atom stereocenters. The van der Waals surface area contributed by atoms with Crippen LogP contribution in [0.15, 0.2) is 34.9 Å². The third-order valence-electron chi connectivity index (χ3n) is 4.36. The number of alkyl halides is 3. The van der Waals surface area contributed by atoms with Crippen molar-refractivity contribution >= 4 is 5.91 Å². The molecule has 0 spiro atoms. The number of oxazole rings is 1. The molecule has 0 radical (unpaired) electrons. The lowest BCUT2D eigenvalue weighted by atomic mass is 9.99. The lowest BCUT2D eigenvalue weighted by Gasteiger charge is -2.31. The van der Waals surface area contributed by atoms with Crippen molar-refractivity contribution in [1.82, 2.24) is 9.88 Å². The number of hydrogen-bond donors (Lipinski definition) is 1. The van der Waals surface area contributed by atoms with E-state index in [1.54, 1.807) is 4.90 Å². The number of amides is 1. The normalized spacial score (nSPS) is 17.8. The SMILES string of the molecule is O=C(c1coc(COc2cccc(C(F)(F)F)c2)n1)N1CCCC(CO)C1. The molecule has 27 heavy (non-hydrogen) atoms. The Morgan fingerprint density at radius 2 is 2.22 bits per heavy atom. The molecule has 0 bridgehead atoms. The van der Waals surface area contributed by atoms with Gasteiger partial charge < -0.3 is 19.2 Å². The van der Waals surface area contributed by atoms with E-state index in [0.717, 1.165) is 25.0 Å². The smallest absolute Gasteiger partial charge is 0.416 e. The van der Waals surface area contributed by atoms with Gasteiger partial charge in [-0.25, -0.2) is 4.98 Å². The number of piperidine rings is 1. The van der Waals surface area contributed by atoms with Gasteiger partial charge >= 0.3 is 6.18 Å². The summed E-state index contributed by atoms with van der Waals surface area (Å²) in [7, 11) is 0. The third-order valence-corrected chi connectivity index (χ3v) is 4.36. The molecular formula is C18H19F3N2O4. The maximum Gasteiger partial charge on any atom is 0.416 e. The van der Waals surface area contributed by atoms with Crippen LogP contribution in [-0.2, 0) is 12.8 Å². The lowest BCUT2D eigenvalue weighted by molar-refractivity contribution is -0.137. The molecule has 0 aliphatic carbocycles. The minimum Gasteiger partial charge on any atom is -0.484 e. The summed E-state index contributed by atoms with van der Waals surface area (Å²) in [6.07, 6.45) is -1.58. The van der Waals surface area contributed by atoms with Crippen LogP contribution in [0.2, 0.25) is 0 Å². The van der Waals surface area contributed by atoms with Gasteiger partial charge in [-0.3, -0.25) is 4.79 Å². The van der Waals surface area contributed by atoms with E-state index in [2.05, 4.69) is 4.98 Å². The molecule has 2 aromatic rings. The zero-order valence-corrected chi connectivity index (χ0v) is 14.4. The maximum absolute atomic E-state index is 12.7. The predicted octanol–water partition coefficient (Wildman–Crippen LogP) is 3.12. The van der Waals surface area contributed by atoms with Crippen molar-refractivity contribution in [3.63, 3.8) is 0 Å². The minimum absolute atomic E-state index is 0.0257. The fourth-order valence-electron chi connectivity index (χ4n) is 2.94.